The predicted octanol–water partition coefficient (Wildman–Crippen LogP) is 2.83. The van der Waals surface area contributed by atoms with Gasteiger partial charge >= 0.3 is 0 Å². The first-order chi connectivity index (χ1) is 10.7. The van der Waals surface area contributed by atoms with E-state index in [4.69, 9.17) is 0 Å². The molecule has 0 aliphatic carbocycles. The third kappa shape index (κ3) is 2.53. The van der Waals surface area contributed by atoms with Gasteiger partial charge in [0.15, 0.2) is 0 Å². The Morgan fingerprint density at radius 3 is 2.59 bits per heavy atom. The molecule has 0 fully saturated rings. The lowest BCUT2D eigenvalue weighted by molar-refractivity contribution is -0.120. The summed E-state index contributed by atoms with van der Waals surface area (Å²) in [6, 6.07) is 19.1. The molecule has 1 N–H and O–H groups in total. The second kappa shape index (κ2) is 5.90. The summed E-state index contributed by atoms with van der Waals surface area (Å²) in [4.78, 5) is 14.5. The van der Waals surface area contributed by atoms with E-state index in [1.807, 2.05) is 66.5 Å². The van der Waals surface area contributed by atoms with Crippen LogP contribution in [-0.4, -0.2) is 19.0 Å². The summed E-state index contributed by atoms with van der Waals surface area (Å²) in [6.45, 7) is 0. The number of nitrogens with one attached hydrogen (secondary N) is 1. The van der Waals surface area contributed by atoms with Crippen molar-refractivity contribution in [1.82, 2.24) is 0 Å². The van der Waals surface area contributed by atoms with Gasteiger partial charge in [-0.25, -0.2) is 0 Å². The van der Waals surface area contributed by atoms with Crippen LogP contribution in [0.5, 0.6) is 0 Å². The molecule has 4 heteroatoms. The maximum absolute atomic E-state index is 12.6. The second-order valence-corrected chi connectivity index (χ2v) is 5.48. The molecule has 0 saturated heterocycles. The Bertz CT molecular complexity index is 721. The maximum Gasteiger partial charge on any atom is 0.231 e. The van der Waals surface area contributed by atoms with Crippen LogP contribution < -0.4 is 10.2 Å². The molecule has 1 amide bonds. The largest absolute Gasteiger partial charge is 0.358 e. The van der Waals surface area contributed by atoms with Crippen LogP contribution in [-0.2, 0) is 11.2 Å². The maximum atomic E-state index is 12.6. The van der Waals surface area contributed by atoms with Gasteiger partial charge in [-0.3, -0.25) is 4.79 Å². The van der Waals surface area contributed by atoms with Crippen molar-refractivity contribution in [3.63, 3.8) is 0 Å². The fourth-order valence-electron chi connectivity index (χ4n) is 2.96. The highest BCUT2D eigenvalue weighted by Crippen LogP contribution is 2.33. The molecule has 0 unspecified atom stereocenters. The predicted molar refractivity (Wildman–Crippen MR) is 86.5 cm³/mol. The van der Waals surface area contributed by atoms with Crippen molar-refractivity contribution in [1.29, 1.82) is 5.26 Å². The van der Waals surface area contributed by atoms with E-state index >= 15 is 0 Å². The summed E-state index contributed by atoms with van der Waals surface area (Å²) >= 11 is 0. The van der Waals surface area contributed by atoms with Gasteiger partial charge in [-0.15, -0.1) is 0 Å². The lowest BCUT2D eigenvalue weighted by Crippen LogP contribution is -2.47. The van der Waals surface area contributed by atoms with E-state index in [-0.39, 0.29) is 11.8 Å². The molecule has 110 valence electrons. The Kier molecular flexibility index (Phi) is 3.80. The van der Waals surface area contributed by atoms with Crippen molar-refractivity contribution < 1.29 is 4.79 Å². The zero-order chi connectivity index (χ0) is 15.5. The molecule has 0 aromatic heterocycles. The first-order valence-electron chi connectivity index (χ1n) is 7.27. The number of carbonyl (C=O) groups is 1. The number of carbonyl (C=O) groups excluding carboxylic acids is 1. The smallest absolute Gasteiger partial charge is 0.231 e. The van der Waals surface area contributed by atoms with Gasteiger partial charge in [-0.05, 0) is 30.2 Å². The van der Waals surface area contributed by atoms with Crippen LogP contribution in [0.3, 0.4) is 0 Å². The summed E-state index contributed by atoms with van der Waals surface area (Å²) in [5.41, 5.74) is 2.88. The molecule has 2 aromatic carbocycles. The molecule has 4 nitrogen and oxygen atoms in total. The zero-order valence-corrected chi connectivity index (χ0v) is 12.4. The highest BCUT2D eigenvalue weighted by atomic mass is 16.1. The molecule has 2 aromatic rings. The SMILES string of the molecule is CN1c2ccccc2C[C@H](C(=O)Nc2ccccc2)[C@@H]1C#N. The Morgan fingerprint density at radius 2 is 1.86 bits per heavy atom. The van der Waals surface area contributed by atoms with Crippen LogP contribution in [0.15, 0.2) is 54.6 Å². The topological polar surface area (TPSA) is 56.1 Å². The monoisotopic (exact) mass is 291 g/mol. The van der Waals surface area contributed by atoms with Crippen LogP contribution in [0.2, 0.25) is 0 Å². The molecule has 0 saturated carbocycles. The second-order valence-electron chi connectivity index (χ2n) is 5.48. The first-order valence-corrected chi connectivity index (χ1v) is 7.27. The van der Waals surface area contributed by atoms with Crippen molar-refractivity contribution in [2.75, 3.05) is 17.3 Å². The first kappa shape index (κ1) is 14.2. The highest BCUT2D eigenvalue weighted by molar-refractivity contribution is 5.94. The zero-order valence-electron chi connectivity index (χ0n) is 12.4. The Labute approximate surface area is 130 Å². The number of nitrogens with zero attached hydrogens (tertiary/aromatic N) is 2. The van der Waals surface area contributed by atoms with Gasteiger partial charge in [0.2, 0.25) is 5.91 Å². The third-order valence-corrected chi connectivity index (χ3v) is 4.12. The Balaban J connectivity index is 1.87. The molecular weight excluding hydrogens is 274 g/mol. The van der Waals surface area contributed by atoms with Gasteiger partial charge < -0.3 is 10.2 Å². The lowest BCUT2D eigenvalue weighted by Gasteiger charge is -2.37. The number of benzene rings is 2. The minimum atomic E-state index is -0.460. The van der Waals surface area contributed by atoms with E-state index in [0.29, 0.717) is 6.42 Å². The Morgan fingerprint density at radius 1 is 1.18 bits per heavy atom. The van der Waals surface area contributed by atoms with Gasteiger partial charge in [0.25, 0.3) is 0 Å². The number of nitriles is 1. The van der Waals surface area contributed by atoms with Crippen LogP contribution in [0, 0.1) is 17.2 Å². The molecule has 0 spiro atoms. The van der Waals surface area contributed by atoms with E-state index in [0.717, 1.165) is 16.9 Å². The van der Waals surface area contributed by atoms with Crippen molar-refractivity contribution in [2.45, 2.75) is 12.5 Å². The van der Waals surface area contributed by atoms with Gasteiger partial charge in [-0.1, -0.05) is 36.4 Å². The van der Waals surface area contributed by atoms with Crippen molar-refractivity contribution in [3.05, 3.63) is 60.2 Å². The summed E-state index contributed by atoms with van der Waals surface area (Å²) in [5, 5.41) is 12.4. The fraction of sp³-hybridized carbons (Fsp3) is 0.222. The van der Waals surface area contributed by atoms with Crippen molar-refractivity contribution in [3.8, 4) is 6.07 Å². The van der Waals surface area contributed by atoms with E-state index in [9.17, 15) is 10.1 Å². The number of hydrogen-bond acceptors (Lipinski definition) is 3. The molecular formula is C18H17N3O. The summed E-state index contributed by atoms with van der Waals surface area (Å²) in [6.07, 6.45) is 0.581. The van der Waals surface area contributed by atoms with Crippen molar-refractivity contribution >= 4 is 17.3 Å². The molecule has 22 heavy (non-hydrogen) atoms. The Hall–Kier alpha value is -2.80. The number of anilines is 2. The van der Waals surface area contributed by atoms with E-state index in [1.165, 1.54) is 0 Å². The van der Waals surface area contributed by atoms with Gasteiger partial charge in [0, 0.05) is 18.4 Å². The minimum absolute atomic E-state index is 0.112. The van der Waals surface area contributed by atoms with Crippen LogP contribution in [0.4, 0.5) is 11.4 Å². The summed E-state index contributed by atoms with van der Waals surface area (Å²) < 4.78 is 0. The van der Waals surface area contributed by atoms with Crippen LogP contribution >= 0.6 is 0 Å². The summed E-state index contributed by atoms with van der Waals surface area (Å²) in [5.74, 6) is -0.496. The number of fused-ring (bicyclic) bond motifs is 1. The number of para-hydroxylation sites is 2. The number of hydrogen-bond donors (Lipinski definition) is 1. The van der Waals surface area contributed by atoms with Gasteiger partial charge in [0.05, 0.1) is 12.0 Å². The van der Waals surface area contributed by atoms with Crippen molar-refractivity contribution in [2.24, 2.45) is 5.92 Å². The molecule has 1 heterocycles. The number of rotatable bonds is 2. The average molecular weight is 291 g/mol. The normalized spacial score (nSPS) is 19.9. The minimum Gasteiger partial charge on any atom is -0.358 e. The molecule has 2 atom stereocenters. The average Bonchev–Trinajstić information content (AvgIpc) is 2.55. The van der Waals surface area contributed by atoms with E-state index in [2.05, 4.69) is 11.4 Å². The molecule has 3 rings (SSSR count). The van der Waals surface area contributed by atoms with E-state index in [1.54, 1.807) is 0 Å². The third-order valence-electron chi connectivity index (χ3n) is 4.12. The standard InChI is InChI=1S/C18H17N3O/c1-21-16-10-6-5-7-13(16)11-15(17(21)12-19)18(22)20-14-8-3-2-4-9-14/h2-10,15,17H,11H2,1H3,(H,20,22)/t15-,17-/m0/s1. The van der Waals surface area contributed by atoms with Crippen LogP contribution in [0.25, 0.3) is 0 Å². The fourth-order valence-corrected chi connectivity index (χ4v) is 2.96. The summed E-state index contributed by atoms with van der Waals surface area (Å²) in [7, 11) is 1.87. The molecule has 0 bridgehead atoms. The van der Waals surface area contributed by atoms with Gasteiger partial charge in [0.1, 0.15) is 6.04 Å². The van der Waals surface area contributed by atoms with Crippen LogP contribution in [0.1, 0.15) is 5.56 Å². The molecule has 1 aliphatic heterocycles. The van der Waals surface area contributed by atoms with E-state index < -0.39 is 6.04 Å². The number of amides is 1. The van der Waals surface area contributed by atoms with Gasteiger partial charge in [-0.2, -0.15) is 5.26 Å². The lowest BCUT2D eigenvalue weighted by atomic mass is 9.85. The highest BCUT2D eigenvalue weighted by Gasteiger charge is 2.36. The quantitative estimate of drug-likeness (QED) is 0.925. The molecule has 0 radical (unpaired) electrons. The molecule has 1 aliphatic rings.